The molecule has 4 heterocycles. The Bertz CT molecular complexity index is 1310. The van der Waals surface area contributed by atoms with Crippen LogP contribution in [0.4, 0.5) is 10.2 Å². The van der Waals surface area contributed by atoms with Gasteiger partial charge in [-0.05, 0) is 44.7 Å². The number of fused-ring (bicyclic) bond motifs is 2. The number of aromatic nitrogens is 4. The van der Waals surface area contributed by atoms with Crippen LogP contribution in [0.25, 0.3) is 11.2 Å². The molecule has 4 atom stereocenters. The van der Waals surface area contributed by atoms with E-state index in [1.54, 1.807) is 30.9 Å². The highest BCUT2D eigenvalue weighted by Gasteiger charge is 2.56. The minimum absolute atomic E-state index is 0.314. The second-order valence-electron chi connectivity index (χ2n) is 10.2. The molecule has 6 rings (SSSR count). The molecule has 0 bridgehead atoms. The van der Waals surface area contributed by atoms with Crippen LogP contribution in [-0.4, -0.2) is 50.2 Å². The fourth-order valence-electron chi connectivity index (χ4n) is 5.43. The van der Waals surface area contributed by atoms with Crippen LogP contribution in [0.3, 0.4) is 0 Å². The number of benzene rings is 1. The Morgan fingerprint density at radius 3 is 2.72 bits per heavy atom. The van der Waals surface area contributed by atoms with Crippen molar-refractivity contribution in [3.8, 4) is 11.8 Å². The number of nitrogens with zero attached hydrogens (tertiary/aromatic N) is 4. The van der Waals surface area contributed by atoms with Gasteiger partial charge in [0.05, 0.1) is 11.9 Å². The van der Waals surface area contributed by atoms with Gasteiger partial charge >= 0.3 is 0 Å². The molecule has 3 fully saturated rings. The maximum atomic E-state index is 14.1. The van der Waals surface area contributed by atoms with Crippen molar-refractivity contribution in [2.75, 3.05) is 11.9 Å². The molecule has 1 aliphatic carbocycles. The summed E-state index contributed by atoms with van der Waals surface area (Å²) in [6.45, 7) is 4.61. The van der Waals surface area contributed by atoms with E-state index in [4.69, 9.17) is 14.2 Å². The molecule has 1 aromatic carbocycles. The summed E-state index contributed by atoms with van der Waals surface area (Å²) in [6.07, 6.45) is 7.63. The highest BCUT2D eigenvalue weighted by molar-refractivity contribution is 5.82. The van der Waals surface area contributed by atoms with Gasteiger partial charge in [-0.3, -0.25) is 4.57 Å². The zero-order chi connectivity index (χ0) is 24.7. The van der Waals surface area contributed by atoms with Crippen molar-refractivity contribution in [2.45, 2.75) is 76.3 Å². The Balaban J connectivity index is 1.28. The molecule has 1 saturated carbocycles. The maximum absolute atomic E-state index is 14.1. The Hall–Kier alpha value is -3.06. The van der Waals surface area contributed by atoms with Gasteiger partial charge in [-0.1, -0.05) is 43.2 Å². The lowest BCUT2D eigenvalue weighted by Gasteiger charge is -2.23. The summed E-state index contributed by atoms with van der Waals surface area (Å²) in [5, 5.41) is 3.49. The lowest BCUT2D eigenvalue weighted by molar-refractivity contribution is -0.190. The first kappa shape index (κ1) is 23.3. The zero-order valence-corrected chi connectivity index (χ0v) is 20.5. The zero-order valence-electron chi connectivity index (χ0n) is 20.5. The van der Waals surface area contributed by atoms with Gasteiger partial charge in [-0.25, -0.2) is 19.3 Å². The first-order valence-electron chi connectivity index (χ1n) is 12.7. The van der Waals surface area contributed by atoms with Crippen LogP contribution in [-0.2, 0) is 14.2 Å². The third-order valence-electron chi connectivity index (χ3n) is 7.17. The molecule has 2 aliphatic heterocycles. The Morgan fingerprint density at radius 2 is 1.89 bits per heavy atom. The highest BCUT2D eigenvalue weighted by Crippen LogP contribution is 2.43. The van der Waals surface area contributed by atoms with E-state index in [1.807, 2.05) is 18.4 Å². The number of anilines is 1. The van der Waals surface area contributed by atoms with E-state index < -0.39 is 30.3 Å². The van der Waals surface area contributed by atoms with E-state index in [-0.39, 0.29) is 5.82 Å². The molecule has 3 aromatic rings. The number of hydrogen-bond acceptors (Lipinski definition) is 7. The third-order valence-corrected chi connectivity index (χ3v) is 7.17. The van der Waals surface area contributed by atoms with Gasteiger partial charge in [0, 0.05) is 6.54 Å². The van der Waals surface area contributed by atoms with Crippen LogP contribution in [0.2, 0.25) is 0 Å². The predicted molar refractivity (Wildman–Crippen MR) is 131 cm³/mol. The van der Waals surface area contributed by atoms with Crippen LogP contribution in [0.15, 0.2) is 36.9 Å². The SMILES string of the molecule is CC1(C)O[C@@H]2[C@H](O1)[C@@H](C#Cc1ccccc1F)O[C@H]2n1cnc2c(NCC3CCCCC3)ncnc21. The largest absolute Gasteiger partial charge is 0.368 e. The molecule has 2 saturated heterocycles. The van der Waals surface area contributed by atoms with E-state index in [1.165, 1.54) is 38.2 Å². The fraction of sp³-hybridized carbons (Fsp3) is 0.519. The standard InChI is InChI=1S/C27H30FN5O3/c1-27(2)35-22-20(13-12-18-10-6-7-11-19(18)28)34-26(23(22)36-27)33-16-32-21-24(30-15-31-25(21)33)29-14-17-8-4-3-5-9-17/h6-7,10-11,15-17,20,22-23,26H,3-5,8-9,14H2,1-2H3,(H,29,30,31)/t20-,22-,23-,26-/m1/s1. The third kappa shape index (κ3) is 4.45. The Morgan fingerprint density at radius 1 is 1.08 bits per heavy atom. The van der Waals surface area contributed by atoms with Crippen molar-refractivity contribution in [2.24, 2.45) is 5.92 Å². The van der Waals surface area contributed by atoms with Crippen LogP contribution in [0.1, 0.15) is 57.7 Å². The van der Waals surface area contributed by atoms with Crippen molar-refractivity contribution >= 4 is 17.0 Å². The monoisotopic (exact) mass is 491 g/mol. The van der Waals surface area contributed by atoms with Gasteiger partial charge in [0.2, 0.25) is 0 Å². The molecule has 1 N–H and O–H groups in total. The molecule has 3 aliphatic rings. The normalized spacial score (nSPS) is 27.5. The average Bonchev–Trinajstić information content (AvgIpc) is 3.54. The molecule has 36 heavy (non-hydrogen) atoms. The first-order valence-corrected chi connectivity index (χ1v) is 12.7. The van der Waals surface area contributed by atoms with Crippen LogP contribution in [0, 0.1) is 23.6 Å². The van der Waals surface area contributed by atoms with Crippen LogP contribution >= 0.6 is 0 Å². The van der Waals surface area contributed by atoms with E-state index in [0.29, 0.717) is 22.6 Å². The van der Waals surface area contributed by atoms with Gasteiger partial charge < -0.3 is 19.5 Å². The molecule has 2 aromatic heterocycles. The lowest BCUT2D eigenvalue weighted by atomic mass is 9.89. The molecule has 188 valence electrons. The van der Waals surface area contributed by atoms with Gasteiger partial charge in [0.25, 0.3) is 0 Å². The molecule has 9 heteroatoms. The summed E-state index contributed by atoms with van der Waals surface area (Å²) in [5.41, 5.74) is 1.65. The molecular weight excluding hydrogens is 461 g/mol. The summed E-state index contributed by atoms with van der Waals surface area (Å²) >= 11 is 0. The molecular formula is C27H30FN5O3. The second kappa shape index (κ2) is 9.43. The van der Waals surface area contributed by atoms with Crippen molar-refractivity contribution in [1.82, 2.24) is 19.5 Å². The molecule has 0 amide bonds. The maximum Gasteiger partial charge on any atom is 0.167 e. The van der Waals surface area contributed by atoms with E-state index in [9.17, 15) is 4.39 Å². The molecule has 0 unspecified atom stereocenters. The smallest absolute Gasteiger partial charge is 0.167 e. The predicted octanol–water partition coefficient (Wildman–Crippen LogP) is 4.43. The average molecular weight is 492 g/mol. The van der Waals surface area contributed by atoms with E-state index in [2.05, 4.69) is 32.1 Å². The summed E-state index contributed by atoms with van der Waals surface area (Å²) < 4.78 is 34.7. The van der Waals surface area contributed by atoms with Gasteiger partial charge in [-0.2, -0.15) is 0 Å². The number of imidazole rings is 1. The number of ether oxygens (including phenoxy) is 3. The van der Waals surface area contributed by atoms with Crippen molar-refractivity contribution < 1.29 is 18.6 Å². The second-order valence-corrected chi connectivity index (χ2v) is 10.2. The minimum Gasteiger partial charge on any atom is -0.368 e. The number of hydrogen-bond donors (Lipinski definition) is 1. The van der Waals surface area contributed by atoms with Gasteiger partial charge in [0.15, 0.2) is 29.0 Å². The van der Waals surface area contributed by atoms with Gasteiger partial charge in [0.1, 0.15) is 30.5 Å². The van der Waals surface area contributed by atoms with Crippen molar-refractivity contribution in [3.63, 3.8) is 0 Å². The summed E-state index contributed by atoms with van der Waals surface area (Å²) in [5.74, 6) is 6.18. The summed E-state index contributed by atoms with van der Waals surface area (Å²) in [4.78, 5) is 13.6. The lowest BCUT2D eigenvalue weighted by Crippen LogP contribution is -2.28. The Kier molecular flexibility index (Phi) is 6.12. The van der Waals surface area contributed by atoms with Gasteiger partial charge in [-0.15, -0.1) is 0 Å². The Labute approximate surface area is 209 Å². The van der Waals surface area contributed by atoms with Crippen LogP contribution < -0.4 is 5.32 Å². The minimum atomic E-state index is -0.798. The number of nitrogens with one attached hydrogen (secondary N) is 1. The summed E-state index contributed by atoms with van der Waals surface area (Å²) in [6, 6.07) is 6.42. The van der Waals surface area contributed by atoms with Crippen molar-refractivity contribution in [3.05, 3.63) is 48.3 Å². The van der Waals surface area contributed by atoms with Crippen LogP contribution in [0.5, 0.6) is 0 Å². The topological polar surface area (TPSA) is 83.3 Å². The molecule has 8 nitrogen and oxygen atoms in total. The van der Waals surface area contributed by atoms with E-state index in [0.717, 1.165) is 12.4 Å². The highest BCUT2D eigenvalue weighted by atomic mass is 19.1. The molecule has 0 radical (unpaired) electrons. The quantitative estimate of drug-likeness (QED) is 0.541. The van der Waals surface area contributed by atoms with Crippen molar-refractivity contribution in [1.29, 1.82) is 0 Å². The summed E-state index contributed by atoms with van der Waals surface area (Å²) in [7, 11) is 0. The van der Waals surface area contributed by atoms with E-state index >= 15 is 0 Å². The first-order chi connectivity index (χ1) is 17.5. The number of rotatable bonds is 4. The molecule has 0 spiro atoms. The fourth-order valence-corrected chi connectivity index (χ4v) is 5.43. The number of halogens is 1.